The number of aliphatic carboxylic acids is 1. The lowest BCUT2D eigenvalue weighted by Crippen LogP contribution is -2.39. The van der Waals surface area contributed by atoms with Gasteiger partial charge in [-0.05, 0) is 38.0 Å². The van der Waals surface area contributed by atoms with E-state index in [1.807, 2.05) is 49.4 Å². The molecule has 3 aromatic rings. The normalized spacial score (nSPS) is 18.6. The largest absolute Gasteiger partial charge is 0.494 e. The number of thiazole rings is 1. The van der Waals surface area contributed by atoms with Crippen LogP contribution in [0.15, 0.2) is 48.5 Å². The van der Waals surface area contributed by atoms with Gasteiger partial charge in [-0.15, -0.1) is 11.3 Å². The summed E-state index contributed by atoms with van der Waals surface area (Å²) in [6.07, 6.45) is 1.53. The van der Waals surface area contributed by atoms with Crippen molar-refractivity contribution in [1.29, 1.82) is 0 Å². The lowest BCUT2D eigenvalue weighted by atomic mass is 10.0. The summed E-state index contributed by atoms with van der Waals surface area (Å²) in [6.45, 7) is 3.25. The van der Waals surface area contributed by atoms with Gasteiger partial charge in [-0.25, -0.2) is 4.98 Å². The number of rotatable bonds is 6. The van der Waals surface area contributed by atoms with E-state index in [0.717, 1.165) is 39.5 Å². The number of nitrogens with zero attached hydrogens (tertiary/aromatic N) is 2. The van der Waals surface area contributed by atoms with Gasteiger partial charge in [-0.2, -0.15) is 0 Å². The maximum Gasteiger partial charge on any atom is 0.320 e. The predicted molar refractivity (Wildman–Crippen MR) is 106 cm³/mol. The zero-order chi connectivity index (χ0) is 18.8. The van der Waals surface area contributed by atoms with Crippen molar-refractivity contribution in [2.24, 2.45) is 0 Å². The van der Waals surface area contributed by atoms with Crippen LogP contribution < -0.4 is 4.74 Å². The fourth-order valence-corrected chi connectivity index (χ4v) is 4.93. The summed E-state index contributed by atoms with van der Waals surface area (Å²) in [7, 11) is 0. The maximum absolute atomic E-state index is 11.9. The quantitative estimate of drug-likeness (QED) is 0.687. The van der Waals surface area contributed by atoms with Gasteiger partial charge in [0.05, 0.1) is 22.9 Å². The monoisotopic (exact) mass is 382 g/mol. The molecule has 27 heavy (non-hydrogen) atoms. The number of hydrogen-bond acceptors (Lipinski definition) is 5. The minimum Gasteiger partial charge on any atom is -0.494 e. The minimum absolute atomic E-state index is 0.228. The summed E-state index contributed by atoms with van der Waals surface area (Å²) in [4.78, 5) is 18.8. The number of hydrogen-bond donors (Lipinski definition) is 1. The molecule has 2 heterocycles. The number of benzene rings is 2. The van der Waals surface area contributed by atoms with E-state index in [2.05, 4.69) is 11.0 Å². The van der Waals surface area contributed by atoms with Crippen molar-refractivity contribution in [1.82, 2.24) is 9.88 Å². The Morgan fingerprint density at radius 3 is 2.85 bits per heavy atom. The third-order valence-corrected chi connectivity index (χ3v) is 6.06. The highest BCUT2D eigenvalue weighted by Crippen LogP contribution is 2.41. The molecule has 2 unspecified atom stereocenters. The van der Waals surface area contributed by atoms with Crippen molar-refractivity contribution >= 4 is 27.5 Å². The molecule has 5 nitrogen and oxygen atoms in total. The SMILES string of the molecule is CCOc1ccccc1C(c1nc2ccccc2s1)N1CCCC1C(=O)O. The molecule has 0 radical (unpaired) electrons. The number of likely N-dealkylation sites (tertiary alicyclic amines) is 1. The second-order valence-electron chi connectivity index (χ2n) is 6.63. The summed E-state index contributed by atoms with van der Waals surface area (Å²) >= 11 is 1.63. The van der Waals surface area contributed by atoms with Crippen molar-refractivity contribution < 1.29 is 14.6 Å². The average Bonchev–Trinajstić information content (AvgIpc) is 3.31. The molecule has 6 heteroatoms. The predicted octanol–water partition coefficient (Wildman–Crippen LogP) is 4.33. The Morgan fingerprint density at radius 1 is 1.30 bits per heavy atom. The van der Waals surface area contributed by atoms with Crippen LogP contribution in [0.4, 0.5) is 0 Å². The van der Waals surface area contributed by atoms with Crippen LogP contribution >= 0.6 is 11.3 Å². The molecular formula is C21H22N2O3S. The number of aromatic nitrogens is 1. The van der Waals surface area contributed by atoms with Crippen LogP contribution in [0, 0.1) is 0 Å². The van der Waals surface area contributed by atoms with E-state index in [-0.39, 0.29) is 6.04 Å². The highest BCUT2D eigenvalue weighted by atomic mass is 32.1. The van der Waals surface area contributed by atoms with Gasteiger partial charge in [0.15, 0.2) is 0 Å². The molecule has 2 aromatic carbocycles. The first-order valence-electron chi connectivity index (χ1n) is 9.24. The average molecular weight is 382 g/mol. The second-order valence-corrected chi connectivity index (χ2v) is 7.69. The van der Waals surface area contributed by atoms with Crippen LogP contribution in [0.1, 0.15) is 36.4 Å². The molecule has 0 saturated carbocycles. The summed E-state index contributed by atoms with van der Waals surface area (Å²) < 4.78 is 6.98. The molecule has 0 bridgehead atoms. The molecule has 1 saturated heterocycles. The fourth-order valence-electron chi connectivity index (χ4n) is 3.82. The Balaban J connectivity index is 1.86. The van der Waals surface area contributed by atoms with Crippen LogP contribution in [0.2, 0.25) is 0 Å². The number of fused-ring (bicyclic) bond motifs is 1. The van der Waals surface area contributed by atoms with Gasteiger partial charge in [0.25, 0.3) is 0 Å². The Morgan fingerprint density at radius 2 is 2.07 bits per heavy atom. The van der Waals surface area contributed by atoms with Crippen LogP contribution in [-0.4, -0.2) is 40.2 Å². The molecule has 1 aliphatic heterocycles. The van der Waals surface area contributed by atoms with E-state index in [1.165, 1.54) is 0 Å². The Labute approximate surface area is 162 Å². The van der Waals surface area contributed by atoms with Crippen molar-refractivity contribution in [3.05, 3.63) is 59.1 Å². The number of carboxylic acid groups (broad SMARTS) is 1. The highest BCUT2D eigenvalue weighted by Gasteiger charge is 2.39. The molecule has 1 N–H and O–H groups in total. The van der Waals surface area contributed by atoms with Gasteiger partial charge >= 0.3 is 5.97 Å². The standard InChI is InChI=1S/C21H22N2O3S/c1-2-26-17-11-5-3-8-14(17)19(23-13-7-10-16(23)21(24)25)20-22-15-9-4-6-12-18(15)27-20/h3-6,8-9,11-12,16,19H,2,7,10,13H2,1H3,(H,24,25). The zero-order valence-corrected chi connectivity index (χ0v) is 16.0. The smallest absolute Gasteiger partial charge is 0.320 e. The first kappa shape index (κ1) is 17.9. The van der Waals surface area contributed by atoms with Crippen LogP contribution in [0.5, 0.6) is 5.75 Å². The van der Waals surface area contributed by atoms with Crippen LogP contribution in [0.25, 0.3) is 10.2 Å². The lowest BCUT2D eigenvalue weighted by Gasteiger charge is -2.31. The van der Waals surface area contributed by atoms with Crippen molar-refractivity contribution in [3.8, 4) is 5.75 Å². The van der Waals surface area contributed by atoms with E-state index >= 15 is 0 Å². The summed E-state index contributed by atoms with van der Waals surface area (Å²) in [5.74, 6) is 0.0211. The fraction of sp³-hybridized carbons (Fsp3) is 0.333. The molecule has 1 fully saturated rings. The zero-order valence-electron chi connectivity index (χ0n) is 15.2. The number of para-hydroxylation sites is 2. The molecule has 0 aliphatic carbocycles. The van der Waals surface area contributed by atoms with Gasteiger partial charge in [-0.1, -0.05) is 30.3 Å². The molecule has 2 atom stereocenters. The first-order chi connectivity index (χ1) is 13.2. The van der Waals surface area contributed by atoms with Crippen LogP contribution in [0.3, 0.4) is 0 Å². The summed E-state index contributed by atoms with van der Waals surface area (Å²) in [5, 5.41) is 10.7. The van der Waals surface area contributed by atoms with Crippen molar-refractivity contribution in [2.45, 2.75) is 31.8 Å². The van der Waals surface area contributed by atoms with Gasteiger partial charge in [0.1, 0.15) is 16.8 Å². The highest BCUT2D eigenvalue weighted by molar-refractivity contribution is 7.18. The van der Waals surface area contributed by atoms with Crippen molar-refractivity contribution in [3.63, 3.8) is 0 Å². The second kappa shape index (κ2) is 7.66. The minimum atomic E-state index is -0.771. The first-order valence-corrected chi connectivity index (χ1v) is 10.1. The third kappa shape index (κ3) is 3.42. The topological polar surface area (TPSA) is 62.7 Å². The van der Waals surface area contributed by atoms with E-state index in [4.69, 9.17) is 9.72 Å². The van der Waals surface area contributed by atoms with Gasteiger partial charge in [0, 0.05) is 12.1 Å². The molecule has 1 aromatic heterocycles. The lowest BCUT2D eigenvalue weighted by molar-refractivity contribution is -0.142. The van der Waals surface area contributed by atoms with E-state index in [9.17, 15) is 9.90 Å². The van der Waals surface area contributed by atoms with E-state index < -0.39 is 12.0 Å². The number of carbonyl (C=O) groups is 1. The Bertz CT molecular complexity index is 922. The number of carboxylic acids is 1. The van der Waals surface area contributed by atoms with Gasteiger partial charge in [-0.3, -0.25) is 9.69 Å². The van der Waals surface area contributed by atoms with Gasteiger partial charge in [0.2, 0.25) is 0 Å². The van der Waals surface area contributed by atoms with Crippen LogP contribution in [-0.2, 0) is 4.79 Å². The third-order valence-electron chi connectivity index (χ3n) is 4.97. The van der Waals surface area contributed by atoms with Crippen molar-refractivity contribution in [2.75, 3.05) is 13.2 Å². The Kier molecular flexibility index (Phi) is 5.09. The number of ether oxygens (including phenoxy) is 1. The Hall–Kier alpha value is -2.44. The maximum atomic E-state index is 11.9. The molecule has 0 spiro atoms. The molecule has 1 aliphatic rings. The molecular weight excluding hydrogens is 360 g/mol. The summed E-state index contributed by atoms with van der Waals surface area (Å²) in [6, 6.07) is 15.2. The molecule has 4 rings (SSSR count). The van der Waals surface area contributed by atoms with E-state index in [1.54, 1.807) is 11.3 Å². The van der Waals surface area contributed by atoms with Gasteiger partial charge < -0.3 is 9.84 Å². The summed E-state index contributed by atoms with van der Waals surface area (Å²) in [5.41, 5.74) is 1.93. The molecule has 140 valence electrons. The molecule has 0 amide bonds. The van der Waals surface area contributed by atoms with E-state index in [0.29, 0.717) is 13.0 Å².